The lowest BCUT2D eigenvalue weighted by molar-refractivity contribution is -0.129. The van der Waals surface area contributed by atoms with E-state index in [1.165, 1.54) is 6.42 Å². The van der Waals surface area contributed by atoms with Crippen molar-refractivity contribution in [2.45, 2.75) is 45.1 Å². The minimum absolute atomic E-state index is 0.0275. The van der Waals surface area contributed by atoms with Gasteiger partial charge in [-0.1, -0.05) is 31.4 Å². The van der Waals surface area contributed by atoms with Crippen LogP contribution in [0.3, 0.4) is 0 Å². The van der Waals surface area contributed by atoms with Crippen LogP contribution in [0, 0.1) is 5.92 Å². The third kappa shape index (κ3) is 4.81. The molecule has 0 atom stereocenters. The van der Waals surface area contributed by atoms with E-state index < -0.39 is 0 Å². The Bertz CT molecular complexity index is 719. The molecule has 6 nitrogen and oxygen atoms in total. The molecular weight excluding hydrogens is 316 g/mol. The first-order valence-corrected chi connectivity index (χ1v) is 9.18. The van der Waals surface area contributed by atoms with E-state index in [1.54, 1.807) is 0 Å². The number of carbonyl (C=O) groups excluding carboxylic acids is 2. The minimum atomic E-state index is -0.125. The van der Waals surface area contributed by atoms with Crippen molar-refractivity contribution in [3.63, 3.8) is 0 Å². The van der Waals surface area contributed by atoms with Gasteiger partial charge in [0.1, 0.15) is 0 Å². The van der Waals surface area contributed by atoms with E-state index in [1.807, 2.05) is 30.6 Å². The van der Waals surface area contributed by atoms with Crippen LogP contribution >= 0.6 is 0 Å². The molecule has 1 fully saturated rings. The molecule has 1 aromatic heterocycles. The van der Waals surface area contributed by atoms with Crippen LogP contribution in [-0.4, -0.2) is 34.5 Å². The average molecular weight is 342 g/mol. The third-order valence-electron chi connectivity index (χ3n) is 4.82. The first-order valence-electron chi connectivity index (χ1n) is 9.18. The molecule has 6 heteroatoms. The zero-order chi connectivity index (χ0) is 17.5. The second-order valence-corrected chi connectivity index (χ2v) is 6.68. The zero-order valence-electron chi connectivity index (χ0n) is 14.5. The summed E-state index contributed by atoms with van der Waals surface area (Å²) in [6, 6.07) is 8.00. The Labute approximate surface area is 148 Å². The summed E-state index contributed by atoms with van der Waals surface area (Å²) >= 11 is 0. The molecule has 3 rings (SSSR count). The summed E-state index contributed by atoms with van der Waals surface area (Å²) in [5.41, 5.74) is 2.09. The average Bonchev–Trinajstić information content (AvgIpc) is 3.07. The number of amides is 2. The molecule has 2 aromatic rings. The number of aromatic nitrogens is 2. The molecule has 0 aliphatic heterocycles. The molecule has 134 valence electrons. The summed E-state index contributed by atoms with van der Waals surface area (Å²) in [5, 5.41) is 5.63. The molecule has 0 spiro atoms. The van der Waals surface area contributed by atoms with Crippen molar-refractivity contribution in [2.75, 3.05) is 13.1 Å². The second-order valence-electron chi connectivity index (χ2n) is 6.68. The van der Waals surface area contributed by atoms with Crippen molar-refractivity contribution in [3.05, 3.63) is 30.6 Å². The Hall–Kier alpha value is -2.37. The predicted molar refractivity (Wildman–Crippen MR) is 96.9 cm³/mol. The molecular formula is C19H26N4O2. The smallest absolute Gasteiger partial charge is 0.239 e. The van der Waals surface area contributed by atoms with Gasteiger partial charge >= 0.3 is 0 Å². The molecule has 2 N–H and O–H groups in total. The van der Waals surface area contributed by atoms with Crippen LogP contribution < -0.4 is 10.6 Å². The van der Waals surface area contributed by atoms with Crippen molar-refractivity contribution in [1.82, 2.24) is 20.2 Å². The molecule has 1 aromatic carbocycles. The summed E-state index contributed by atoms with van der Waals surface area (Å²) < 4.78 is 2.09. The number of fused-ring (bicyclic) bond motifs is 1. The van der Waals surface area contributed by atoms with Gasteiger partial charge in [-0.05, 0) is 31.4 Å². The van der Waals surface area contributed by atoms with E-state index in [-0.39, 0.29) is 24.3 Å². The van der Waals surface area contributed by atoms with Crippen LogP contribution in [0.15, 0.2) is 30.6 Å². The maximum atomic E-state index is 12.0. The van der Waals surface area contributed by atoms with E-state index in [4.69, 9.17) is 0 Å². The number of imidazole rings is 1. The maximum Gasteiger partial charge on any atom is 0.239 e. The molecule has 0 radical (unpaired) electrons. The van der Waals surface area contributed by atoms with Crippen LogP contribution in [0.2, 0.25) is 0 Å². The molecule has 1 heterocycles. The van der Waals surface area contributed by atoms with Gasteiger partial charge in [-0.25, -0.2) is 4.98 Å². The van der Waals surface area contributed by atoms with E-state index >= 15 is 0 Å². The molecule has 0 unspecified atom stereocenters. The number of carbonyl (C=O) groups is 2. The Morgan fingerprint density at radius 2 is 1.92 bits per heavy atom. The van der Waals surface area contributed by atoms with Gasteiger partial charge in [0.25, 0.3) is 0 Å². The number of rotatable bonds is 7. The van der Waals surface area contributed by atoms with Crippen LogP contribution in [0.1, 0.15) is 38.5 Å². The van der Waals surface area contributed by atoms with E-state index in [9.17, 15) is 9.59 Å². The highest BCUT2D eigenvalue weighted by atomic mass is 16.2. The van der Waals surface area contributed by atoms with Crippen molar-refractivity contribution in [1.29, 1.82) is 0 Å². The van der Waals surface area contributed by atoms with Gasteiger partial charge < -0.3 is 15.2 Å². The first kappa shape index (κ1) is 17.5. The van der Waals surface area contributed by atoms with Crippen molar-refractivity contribution in [3.8, 4) is 0 Å². The summed E-state index contributed by atoms with van der Waals surface area (Å²) in [5.74, 6) is -0.00421. The Balaban J connectivity index is 1.33. The van der Waals surface area contributed by atoms with Gasteiger partial charge in [0.15, 0.2) is 0 Å². The minimum Gasteiger partial charge on any atom is -0.355 e. The fraction of sp³-hybridized carbons (Fsp3) is 0.526. The van der Waals surface area contributed by atoms with Crippen LogP contribution in [0.25, 0.3) is 11.0 Å². The lowest BCUT2D eigenvalue weighted by atomic mass is 9.89. The van der Waals surface area contributed by atoms with E-state index in [2.05, 4.69) is 20.2 Å². The summed E-state index contributed by atoms with van der Waals surface area (Å²) in [4.78, 5) is 28.2. The second kappa shape index (κ2) is 8.65. The van der Waals surface area contributed by atoms with Crippen molar-refractivity contribution < 1.29 is 9.59 Å². The number of hydrogen-bond donors (Lipinski definition) is 2. The Kier molecular flexibility index (Phi) is 6.04. The van der Waals surface area contributed by atoms with Gasteiger partial charge in [0.05, 0.1) is 23.9 Å². The highest BCUT2D eigenvalue weighted by Crippen LogP contribution is 2.23. The predicted octanol–water partition coefficient (Wildman–Crippen LogP) is 2.24. The zero-order valence-corrected chi connectivity index (χ0v) is 14.5. The number of nitrogens with one attached hydrogen (secondary N) is 2. The number of hydrogen-bond acceptors (Lipinski definition) is 3. The fourth-order valence-electron chi connectivity index (χ4n) is 3.40. The van der Waals surface area contributed by atoms with Gasteiger partial charge in [-0.2, -0.15) is 0 Å². The largest absolute Gasteiger partial charge is 0.355 e. The van der Waals surface area contributed by atoms with Gasteiger partial charge in [0, 0.05) is 19.0 Å². The van der Waals surface area contributed by atoms with Crippen LogP contribution in [0.5, 0.6) is 0 Å². The monoisotopic (exact) mass is 342 g/mol. The molecule has 1 aliphatic carbocycles. The standard InChI is InChI=1S/C19H26N4O2/c24-18(13-21-19(25)15-7-2-1-3-8-15)20-11-6-12-23-14-22-16-9-4-5-10-17(16)23/h4-5,9-10,14-15H,1-3,6-8,11-13H2,(H,20,24)(H,21,25). The molecule has 0 bridgehead atoms. The SMILES string of the molecule is O=C(CNC(=O)C1CCCCC1)NCCCn1cnc2ccccc21. The molecule has 2 amide bonds. The molecule has 25 heavy (non-hydrogen) atoms. The Morgan fingerprint density at radius 3 is 2.76 bits per heavy atom. The van der Waals surface area contributed by atoms with Crippen molar-refractivity contribution >= 4 is 22.8 Å². The van der Waals surface area contributed by atoms with Gasteiger partial charge in [0.2, 0.25) is 11.8 Å². The van der Waals surface area contributed by atoms with Crippen molar-refractivity contribution in [2.24, 2.45) is 5.92 Å². The number of nitrogens with zero attached hydrogens (tertiary/aromatic N) is 2. The van der Waals surface area contributed by atoms with E-state index in [0.717, 1.165) is 49.7 Å². The lowest BCUT2D eigenvalue weighted by Gasteiger charge is -2.20. The number of aryl methyl sites for hydroxylation is 1. The summed E-state index contributed by atoms with van der Waals surface area (Å²) in [6.45, 7) is 1.46. The number of benzene rings is 1. The highest BCUT2D eigenvalue weighted by molar-refractivity contribution is 5.85. The normalized spacial score (nSPS) is 15.2. The highest BCUT2D eigenvalue weighted by Gasteiger charge is 2.21. The third-order valence-corrected chi connectivity index (χ3v) is 4.82. The van der Waals surface area contributed by atoms with Crippen LogP contribution in [0.4, 0.5) is 0 Å². The number of para-hydroxylation sites is 2. The van der Waals surface area contributed by atoms with Crippen LogP contribution in [-0.2, 0) is 16.1 Å². The van der Waals surface area contributed by atoms with Gasteiger partial charge in [-0.15, -0.1) is 0 Å². The first-order chi connectivity index (χ1) is 12.2. The summed E-state index contributed by atoms with van der Waals surface area (Å²) in [7, 11) is 0. The Morgan fingerprint density at radius 1 is 1.12 bits per heavy atom. The molecule has 0 saturated heterocycles. The topological polar surface area (TPSA) is 76.0 Å². The quantitative estimate of drug-likeness (QED) is 0.758. The molecule has 1 saturated carbocycles. The fourth-order valence-corrected chi connectivity index (χ4v) is 3.40. The maximum absolute atomic E-state index is 12.0. The van der Waals surface area contributed by atoms with Gasteiger partial charge in [-0.3, -0.25) is 9.59 Å². The lowest BCUT2D eigenvalue weighted by Crippen LogP contribution is -2.40. The van der Waals surface area contributed by atoms with E-state index in [0.29, 0.717) is 6.54 Å². The molecule has 1 aliphatic rings. The summed E-state index contributed by atoms with van der Waals surface area (Å²) in [6.07, 6.45) is 8.01.